The molecule has 0 aliphatic heterocycles. The molecule has 0 aliphatic rings. The molecular weight excluding hydrogens is 282 g/mol. The average molecular weight is 293 g/mol. The summed E-state index contributed by atoms with van der Waals surface area (Å²) in [4.78, 5) is 27.1. The van der Waals surface area contributed by atoms with E-state index in [1.165, 1.54) is 23.5 Å². The highest BCUT2D eigenvalue weighted by Gasteiger charge is 2.10. The number of phenols is 1. The van der Waals surface area contributed by atoms with E-state index < -0.39 is 12.0 Å². The molecule has 0 spiro atoms. The first kappa shape index (κ1) is 13.8. The Morgan fingerprint density at radius 3 is 2.75 bits per heavy atom. The van der Waals surface area contributed by atoms with Crippen molar-refractivity contribution in [1.29, 1.82) is 0 Å². The Balaban J connectivity index is 1.95. The number of aromatic hydroxyl groups is 1. The van der Waals surface area contributed by atoms with Gasteiger partial charge in [0.05, 0.1) is 23.3 Å². The third kappa shape index (κ3) is 3.45. The van der Waals surface area contributed by atoms with Gasteiger partial charge in [-0.2, -0.15) is 0 Å². The number of urea groups is 1. The van der Waals surface area contributed by atoms with Gasteiger partial charge in [-0.15, -0.1) is 11.3 Å². The first-order chi connectivity index (χ1) is 9.56. The number of hydrogen-bond acceptors (Lipinski definition) is 5. The highest BCUT2D eigenvalue weighted by molar-refractivity contribution is 7.09. The van der Waals surface area contributed by atoms with Crippen molar-refractivity contribution in [2.75, 3.05) is 5.32 Å². The second-order valence-corrected chi connectivity index (χ2v) is 4.78. The molecule has 2 aromatic rings. The summed E-state index contributed by atoms with van der Waals surface area (Å²) in [5.74, 6) is -1.46. The van der Waals surface area contributed by atoms with E-state index in [9.17, 15) is 14.7 Å². The van der Waals surface area contributed by atoms with Crippen LogP contribution in [0.5, 0.6) is 5.75 Å². The zero-order chi connectivity index (χ0) is 14.5. The number of phenolic OH excluding ortho intramolecular Hbond substituents is 1. The number of amides is 2. The number of nitrogens with one attached hydrogen (secondary N) is 2. The summed E-state index contributed by atoms with van der Waals surface area (Å²) in [6, 6.07) is 3.18. The maximum atomic E-state index is 11.6. The number of carboxylic acid groups (broad SMARTS) is 1. The number of carbonyl (C=O) groups excluding carboxylic acids is 1. The molecule has 0 bridgehead atoms. The second kappa shape index (κ2) is 6.02. The Hall–Kier alpha value is -2.61. The average Bonchev–Trinajstić information content (AvgIpc) is 2.91. The molecule has 0 saturated heterocycles. The molecular formula is C12H11N3O4S. The van der Waals surface area contributed by atoms with Gasteiger partial charge in [-0.05, 0) is 18.2 Å². The molecule has 1 heterocycles. The summed E-state index contributed by atoms with van der Waals surface area (Å²) in [7, 11) is 0. The molecule has 0 unspecified atom stereocenters. The SMILES string of the molecule is O=C(NCc1cncs1)Nc1ccc(C(=O)O)cc1O. The predicted molar refractivity (Wildman–Crippen MR) is 73.0 cm³/mol. The van der Waals surface area contributed by atoms with Crippen molar-refractivity contribution < 1.29 is 19.8 Å². The highest BCUT2D eigenvalue weighted by Crippen LogP contribution is 2.24. The number of carboxylic acids is 1. The van der Waals surface area contributed by atoms with E-state index >= 15 is 0 Å². The Morgan fingerprint density at radius 1 is 1.35 bits per heavy atom. The molecule has 0 atom stereocenters. The van der Waals surface area contributed by atoms with Crippen LogP contribution < -0.4 is 10.6 Å². The van der Waals surface area contributed by atoms with Gasteiger partial charge in [-0.25, -0.2) is 9.59 Å². The van der Waals surface area contributed by atoms with Crippen molar-refractivity contribution in [3.05, 3.63) is 40.3 Å². The third-order valence-corrected chi connectivity index (χ3v) is 3.18. The van der Waals surface area contributed by atoms with Gasteiger partial charge in [0.2, 0.25) is 0 Å². The van der Waals surface area contributed by atoms with E-state index in [0.717, 1.165) is 10.9 Å². The quantitative estimate of drug-likeness (QED) is 0.643. The Labute approximate surface area is 117 Å². The molecule has 0 radical (unpaired) electrons. The van der Waals surface area contributed by atoms with Crippen LogP contribution in [0.3, 0.4) is 0 Å². The molecule has 8 heteroatoms. The lowest BCUT2D eigenvalue weighted by atomic mass is 10.2. The highest BCUT2D eigenvalue weighted by atomic mass is 32.1. The molecule has 0 fully saturated rings. The fraction of sp³-hybridized carbons (Fsp3) is 0.0833. The zero-order valence-corrected chi connectivity index (χ0v) is 11.0. The predicted octanol–water partition coefficient (Wildman–Crippen LogP) is 1.87. The summed E-state index contributed by atoms with van der Waals surface area (Å²) in [6.07, 6.45) is 1.64. The van der Waals surface area contributed by atoms with Gasteiger partial charge in [0.1, 0.15) is 5.75 Å². The summed E-state index contributed by atoms with van der Waals surface area (Å²) in [5, 5.41) is 23.4. The van der Waals surface area contributed by atoms with Crippen LogP contribution in [0.4, 0.5) is 10.5 Å². The Bertz CT molecular complexity index is 628. The van der Waals surface area contributed by atoms with Gasteiger partial charge in [0, 0.05) is 11.1 Å². The van der Waals surface area contributed by atoms with Crippen LogP contribution in [-0.4, -0.2) is 27.2 Å². The minimum Gasteiger partial charge on any atom is -0.506 e. The van der Waals surface area contributed by atoms with Gasteiger partial charge in [-0.3, -0.25) is 4.98 Å². The van der Waals surface area contributed by atoms with Crippen molar-refractivity contribution in [1.82, 2.24) is 10.3 Å². The summed E-state index contributed by atoms with van der Waals surface area (Å²) in [5.41, 5.74) is 1.74. The van der Waals surface area contributed by atoms with E-state index in [2.05, 4.69) is 15.6 Å². The maximum absolute atomic E-state index is 11.6. The third-order valence-electron chi connectivity index (χ3n) is 2.40. The monoisotopic (exact) mass is 293 g/mol. The number of nitrogens with zero attached hydrogens (tertiary/aromatic N) is 1. The molecule has 2 rings (SSSR count). The minimum absolute atomic E-state index is 0.0573. The second-order valence-electron chi connectivity index (χ2n) is 3.81. The van der Waals surface area contributed by atoms with E-state index in [-0.39, 0.29) is 17.0 Å². The summed E-state index contributed by atoms with van der Waals surface area (Å²) in [6.45, 7) is 0.324. The zero-order valence-electron chi connectivity index (χ0n) is 10.2. The molecule has 7 nitrogen and oxygen atoms in total. The number of hydrogen-bond donors (Lipinski definition) is 4. The number of aromatic carboxylic acids is 1. The molecule has 1 aromatic heterocycles. The first-order valence-corrected chi connectivity index (χ1v) is 6.43. The molecule has 0 saturated carbocycles. The summed E-state index contributed by atoms with van der Waals surface area (Å²) >= 11 is 1.41. The summed E-state index contributed by atoms with van der Waals surface area (Å²) < 4.78 is 0. The van der Waals surface area contributed by atoms with Crippen molar-refractivity contribution in [3.8, 4) is 5.75 Å². The topological polar surface area (TPSA) is 112 Å². The fourth-order valence-electron chi connectivity index (χ4n) is 1.43. The first-order valence-electron chi connectivity index (χ1n) is 5.55. The number of thiazole rings is 1. The maximum Gasteiger partial charge on any atom is 0.335 e. The number of aromatic nitrogens is 1. The van der Waals surface area contributed by atoms with Crippen LogP contribution in [0.1, 0.15) is 15.2 Å². The molecule has 104 valence electrons. The van der Waals surface area contributed by atoms with Gasteiger partial charge in [-0.1, -0.05) is 0 Å². The lowest BCUT2D eigenvalue weighted by Gasteiger charge is -2.08. The van der Waals surface area contributed by atoms with Crippen LogP contribution in [0.25, 0.3) is 0 Å². The van der Waals surface area contributed by atoms with E-state index in [1.54, 1.807) is 11.7 Å². The van der Waals surface area contributed by atoms with Crippen LogP contribution in [0, 0.1) is 0 Å². The fourth-order valence-corrected chi connectivity index (χ4v) is 1.97. The van der Waals surface area contributed by atoms with Crippen molar-refractivity contribution in [2.24, 2.45) is 0 Å². The van der Waals surface area contributed by atoms with Crippen LogP contribution in [0.15, 0.2) is 29.9 Å². The van der Waals surface area contributed by atoms with Gasteiger partial charge < -0.3 is 20.8 Å². The van der Waals surface area contributed by atoms with Crippen molar-refractivity contribution in [3.63, 3.8) is 0 Å². The Kier molecular flexibility index (Phi) is 4.16. The number of carbonyl (C=O) groups is 2. The van der Waals surface area contributed by atoms with Gasteiger partial charge in [0.15, 0.2) is 0 Å². The van der Waals surface area contributed by atoms with Crippen LogP contribution in [-0.2, 0) is 6.54 Å². The number of anilines is 1. The lowest BCUT2D eigenvalue weighted by Crippen LogP contribution is -2.27. The smallest absolute Gasteiger partial charge is 0.335 e. The van der Waals surface area contributed by atoms with E-state index in [1.807, 2.05) is 0 Å². The normalized spacial score (nSPS) is 10.0. The molecule has 20 heavy (non-hydrogen) atoms. The molecule has 0 aliphatic carbocycles. The van der Waals surface area contributed by atoms with Crippen LogP contribution >= 0.6 is 11.3 Å². The van der Waals surface area contributed by atoms with Crippen molar-refractivity contribution >= 4 is 29.0 Å². The Morgan fingerprint density at radius 2 is 2.15 bits per heavy atom. The standard InChI is InChI=1S/C12H11N3O4S/c16-10-3-7(11(17)18)1-2-9(10)15-12(19)14-5-8-4-13-6-20-8/h1-4,6,16H,5H2,(H,17,18)(H2,14,15,19). The molecule has 4 N–H and O–H groups in total. The number of benzene rings is 1. The van der Waals surface area contributed by atoms with E-state index in [4.69, 9.17) is 5.11 Å². The van der Waals surface area contributed by atoms with Crippen molar-refractivity contribution in [2.45, 2.75) is 6.54 Å². The van der Waals surface area contributed by atoms with E-state index in [0.29, 0.717) is 6.54 Å². The minimum atomic E-state index is -1.15. The van der Waals surface area contributed by atoms with Crippen LogP contribution in [0.2, 0.25) is 0 Å². The molecule has 1 aromatic carbocycles. The number of rotatable bonds is 4. The lowest BCUT2D eigenvalue weighted by molar-refractivity contribution is 0.0696. The van der Waals surface area contributed by atoms with Gasteiger partial charge in [0.25, 0.3) is 0 Å². The van der Waals surface area contributed by atoms with Gasteiger partial charge >= 0.3 is 12.0 Å². The molecule has 2 amide bonds. The largest absolute Gasteiger partial charge is 0.506 e.